The number of ketones is 1. The summed E-state index contributed by atoms with van der Waals surface area (Å²) in [7, 11) is -3.72. The summed E-state index contributed by atoms with van der Waals surface area (Å²) in [6.07, 6.45) is 0. The van der Waals surface area contributed by atoms with E-state index in [1.807, 2.05) is 23.6 Å². The second kappa shape index (κ2) is 9.66. The van der Waals surface area contributed by atoms with Crippen molar-refractivity contribution in [2.75, 3.05) is 0 Å². The first kappa shape index (κ1) is 22.8. The number of hydrogen-bond donors (Lipinski definition) is 2. The minimum Gasteiger partial charge on any atom is -0.348 e. The second-order valence-corrected chi connectivity index (χ2v) is 10.2. The van der Waals surface area contributed by atoms with Gasteiger partial charge in [0.15, 0.2) is 5.78 Å². The number of thiophene rings is 1. The van der Waals surface area contributed by atoms with Crippen molar-refractivity contribution in [2.24, 2.45) is 0 Å². The fourth-order valence-electron chi connectivity index (χ4n) is 3.35. The largest absolute Gasteiger partial charge is 0.348 e. The molecule has 4 rings (SSSR count). The van der Waals surface area contributed by atoms with Crippen LogP contribution < -0.4 is 10.0 Å². The predicted octanol–water partition coefficient (Wildman–Crippen LogP) is 4.51. The summed E-state index contributed by atoms with van der Waals surface area (Å²) in [6, 6.07) is 20.6. The molecule has 1 heterocycles. The molecule has 1 amide bonds. The summed E-state index contributed by atoms with van der Waals surface area (Å²) < 4.78 is 28.7. The number of Topliss-reactive ketones (excluding diaryl/α,β-unsaturated/α-hetero) is 1. The average molecular weight is 479 g/mol. The van der Waals surface area contributed by atoms with Gasteiger partial charge in [0.05, 0.1) is 4.90 Å². The van der Waals surface area contributed by atoms with E-state index < -0.39 is 10.0 Å². The van der Waals surface area contributed by atoms with Gasteiger partial charge in [-0.15, -0.1) is 11.3 Å². The predicted molar refractivity (Wildman–Crippen MR) is 130 cm³/mol. The van der Waals surface area contributed by atoms with Gasteiger partial charge < -0.3 is 5.32 Å². The molecule has 0 bridgehead atoms. The molecule has 2 N–H and O–H groups in total. The fraction of sp³-hybridized carbons (Fsp3) is 0.120. The van der Waals surface area contributed by atoms with Gasteiger partial charge >= 0.3 is 0 Å². The normalized spacial score (nSPS) is 11.4. The van der Waals surface area contributed by atoms with Gasteiger partial charge in [0.1, 0.15) is 0 Å². The van der Waals surface area contributed by atoms with Gasteiger partial charge in [-0.1, -0.05) is 42.5 Å². The van der Waals surface area contributed by atoms with Crippen molar-refractivity contribution in [3.63, 3.8) is 0 Å². The number of carbonyl (C=O) groups is 2. The second-order valence-electron chi connectivity index (χ2n) is 7.54. The van der Waals surface area contributed by atoms with Crippen LogP contribution >= 0.6 is 11.3 Å². The van der Waals surface area contributed by atoms with E-state index in [4.69, 9.17) is 0 Å². The zero-order chi connectivity index (χ0) is 23.4. The van der Waals surface area contributed by atoms with E-state index in [-0.39, 0.29) is 23.1 Å². The molecule has 6 nitrogen and oxygen atoms in total. The van der Waals surface area contributed by atoms with Crippen LogP contribution in [0, 0.1) is 0 Å². The third-order valence-corrected chi connectivity index (χ3v) is 7.68. The molecule has 3 aromatic carbocycles. The van der Waals surface area contributed by atoms with E-state index in [2.05, 4.69) is 16.1 Å². The van der Waals surface area contributed by atoms with Crippen molar-refractivity contribution in [1.29, 1.82) is 0 Å². The molecule has 0 spiro atoms. The zero-order valence-electron chi connectivity index (χ0n) is 17.9. The standard InChI is InChI=1S/C25H22N2O4S2/c1-17(28)19-10-12-22(13-11-19)33(30,31)27-14-18-6-8-20(9-7-18)25(29)26-15-21-16-32-24-5-3-2-4-23(21)24/h2-13,16,27H,14-15H2,1H3,(H,26,29). The SMILES string of the molecule is CC(=O)c1ccc(S(=O)(=O)NCc2ccc(C(=O)NCc3csc4ccccc34)cc2)cc1. The Labute approximate surface area is 196 Å². The smallest absolute Gasteiger partial charge is 0.251 e. The van der Waals surface area contributed by atoms with Crippen LogP contribution in [0.25, 0.3) is 10.1 Å². The van der Waals surface area contributed by atoms with Crippen LogP contribution in [0.5, 0.6) is 0 Å². The lowest BCUT2D eigenvalue weighted by Gasteiger charge is -2.09. The van der Waals surface area contributed by atoms with Gasteiger partial charge in [0.25, 0.3) is 5.91 Å². The first-order valence-corrected chi connectivity index (χ1v) is 12.6. The molecule has 33 heavy (non-hydrogen) atoms. The summed E-state index contributed by atoms with van der Waals surface area (Å²) in [5, 5.41) is 6.12. The van der Waals surface area contributed by atoms with Crippen molar-refractivity contribution in [2.45, 2.75) is 24.9 Å². The minimum absolute atomic E-state index is 0.0829. The number of sulfonamides is 1. The van der Waals surface area contributed by atoms with Crippen LogP contribution in [0.3, 0.4) is 0 Å². The summed E-state index contributed by atoms with van der Waals surface area (Å²) >= 11 is 1.65. The maximum atomic E-state index is 12.5. The van der Waals surface area contributed by atoms with Crippen LogP contribution in [-0.2, 0) is 23.1 Å². The molecule has 0 atom stereocenters. The zero-order valence-corrected chi connectivity index (χ0v) is 19.5. The Bertz CT molecular complexity index is 1410. The maximum absolute atomic E-state index is 12.5. The molecule has 0 saturated carbocycles. The number of benzene rings is 3. The molecule has 4 aromatic rings. The van der Waals surface area contributed by atoms with Crippen molar-refractivity contribution in [1.82, 2.24) is 10.0 Å². The molecular weight excluding hydrogens is 456 g/mol. The maximum Gasteiger partial charge on any atom is 0.251 e. The molecule has 0 aliphatic carbocycles. The Balaban J connectivity index is 1.34. The van der Waals surface area contributed by atoms with Gasteiger partial charge in [-0.3, -0.25) is 9.59 Å². The van der Waals surface area contributed by atoms with Crippen molar-refractivity contribution >= 4 is 43.1 Å². The third kappa shape index (κ3) is 5.36. The lowest BCUT2D eigenvalue weighted by atomic mass is 10.1. The average Bonchev–Trinajstić information content (AvgIpc) is 3.25. The summed E-state index contributed by atoms with van der Waals surface area (Å²) in [5.74, 6) is -0.317. The molecule has 1 aromatic heterocycles. The third-order valence-electron chi connectivity index (χ3n) is 5.25. The summed E-state index contributed by atoms with van der Waals surface area (Å²) in [5.41, 5.74) is 2.75. The molecule has 0 fully saturated rings. The monoisotopic (exact) mass is 478 g/mol. The highest BCUT2D eigenvalue weighted by molar-refractivity contribution is 7.89. The summed E-state index contributed by atoms with van der Waals surface area (Å²) in [6.45, 7) is 1.95. The lowest BCUT2D eigenvalue weighted by Crippen LogP contribution is -2.24. The molecule has 0 radical (unpaired) electrons. The first-order valence-electron chi connectivity index (χ1n) is 10.3. The van der Waals surface area contributed by atoms with E-state index in [0.29, 0.717) is 17.7 Å². The molecule has 0 saturated heterocycles. The van der Waals surface area contributed by atoms with Crippen LogP contribution in [0.15, 0.2) is 83.1 Å². The molecular formula is C25H22N2O4S2. The van der Waals surface area contributed by atoms with Gasteiger partial charge in [-0.2, -0.15) is 0 Å². The Kier molecular flexibility index (Phi) is 6.69. The molecule has 8 heteroatoms. The molecule has 0 unspecified atom stereocenters. The van der Waals surface area contributed by atoms with Gasteiger partial charge in [0, 0.05) is 28.9 Å². The number of carbonyl (C=O) groups excluding carboxylic acids is 2. The van der Waals surface area contributed by atoms with Crippen molar-refractivity contribution < 1.29 is 18.0 Å². The van der Waals surface area contributed by atoms with E-state index in [1.165, 1.54) is 35.9 Å². The van der Waals surface area contributed by atoms with E-state index in [9.17, 15) is 18.0 Å². The van der Waals surface area contributed by atoms with Gasteiger partial charge in [0.2, 0.25) is 10.0 Å². The Morgan fingerprint density at radius 3 is 2.21 bits per heavy atom. The number of rotatable bonds is 8. The molecule has 168 valence electrons. The van der Waals surface area contributed by atoms with E-state index in [0.717, 1.165) is 16.5 Å². The van der Waals surface area contributed by atoms with Gasteiger partial charge in [-0.05, 0) is 59.1 Å². The van der Waals surface area contributed by atoms with Crippen molar-refractivity contribution in [3.05, 3.63) is 100 Å². The van der Waals surface area contributed by atoms with E-state index in [1.54, 1.807) is 35.6 Å². The quantitative estimate of drug-likeness (QED) is 0.365. The Morgan fingerprint density at radius 1 is 0.848 bits per heavy atom. The van der Waals surface area contributed by atoms with E-state index >= 15 is 0 Å². The first-order chi connectivity index (χ1) is 15.8. The van der Waals surface area contributed by atoms with Gasteiger partial charge in [-0.25, -0.2) is 13.1 Å². The highest BCUT2D eigenvalue weighted by atomic mass is 32.2. The number of fused-ring (bicyclic) bond motifs is 1. The Hall–Kier alpha value is -3.33. The topological polar surface area (TPSA) is 92.3 Å². The lowest BCUT2D eigenvalue weighted by molar-refractivity contribution is 0.0950. The number of nitrogens with one attached hydrogen (secondary N) is 2. The highest BCUT2D eigenvalue weighted by Gasteiger charge is 2.14. The number of amides is 1. The van der Waals surface area contributed by atoms with Crippen LogP contribution in [-0.4, -0.2) is 20.1 Å². The van der Waals surface area contributed by atoms with Crippen molar-refractivity contribution in [3.8, 4) is 0 Å². The van der Waals surface area contributed by atoms with Crippen LogP contribution in [0.2, 0.25) is 0 Å². The fourth-order valence-corrected chi connectivity index (χ4v) is 5.33. The highest BCUT2D eigenvalue weighted by Crippen LogP contribution is 2.25. The summed E-state index contributed by atoms with van der Waals surface area (Å²) in [4.78, 5) is 24.0. The van der Waals surface area contributed by atoms with Crippen LogP contribution in [0.4, 0.5) is 0 Å². The molecule has 0 aliphatic rings. The van der Waals surface area contributed by atoms with Crippen LogP contribution in [0.1, 0.15) is 38.8 Å². The number of hydrogen-bond acceptors (Lipinski definition) is 5. The minimum atomic E-state index is -3.72. The Morgan fingerprint density at radius 2 is 1.52 bits per heavy atom. The molecule has 0 aliphatic heterocycles.